The first-order chi connectivity index (χ1) is 9.51. The van der Waals surface area contributed by atoms with Crippen LogP contribution in [0.5, 0.6) is 11.6 Å². The lowest BCUT2D eigenvalue weighted by Crippen LogP contribution is -1.99. The molecule has 0 aliphatic rings. The van der Waals surface area contributed by atoms with Gasteiger partial charge in [0.05, 0.1) is 17.2 Å². The van der Waals surface area contributed by atoms with Crippen LogP contribution in [0.15, 0.2) is 24.4 Å². The maximum atomic E-state index is 13.7. The number of halogens is 2. The summed E-state index contributed by atoms with van der Waals surface area (Å²) in [5, 5.41) is 13.3. The Morgan fingerprint density at radius 3 is 2.85 bits per heavy atom. The predicted octanol–water partition coefficient (Wildman–Crippen LogP) is 3.01. The van der Waals surface area contributed by atoms with E-state index in [1.165, 1.54) is 6.20 Å². The third kappa shape index (κ3) is 2.91. The number of aromatic nitrogens is 2. The molecule has 20 heavy (non-hydrogen) atoms. The van der Waals surface area contributed by atoms with Crippen molar-refractivity contribution < 1.29 is 14.1 Å². The minimum Gasteiger partial charge on any atom is -0.434 e. The van der Waals surface area contributed by atoms with E-state index in [0.29, 0.717) is 0 Å². The van der Waals surface area contributed by atoms with Crippen molar-refractivity contribution >= 4 is 23.2 Å². The van der Waals surface area contributed by atoms with Gasteiger partial charge in [-0.25, -0.2) is 9.37 Å². The molecule has 0 amide bonds. The first-order valence-corrected chi connectivity index (χ1v) is 5.71. The van der Waals surface area contributed by atoms with E-state index in [-0.39, 0.29) is 28.3 Å². The lowest BCUT2D eigenvalue weighted by atomic mass is 10.3. The fourth-order valence-corrected chi connectivity index (χ4v) is 1.46. The number of ether oxygens (including phenoxy) is 1. The van der Waals surface area contributed by atoms with E-state index in [2.05, 4.69) is 15.3 Å². The summed E-state index contributed by atoms with van der Waals surface area (Å²) in [7, 11) is 1.60. The number of anilines is 1. The molecule has 7 nitrogen and oxygen atoms in total. The van der Waals surface area contributed by atoms with Crippen molar-refractivity contribution in [2.45, 2.75) is 0 Å². The average molecular weight is 299 g/mol. The number of hydrogen-bond acceptors (Lipinski definition) is 6. The highest BCUT2D eigenvalue weighted by Gasteiger charge is 2.14. The molecule has 104 valence electrons. The Kier molecular flexibility index (Phi) is 3.94. The van der Waals surface area contributed by atoms with Gasteiger partial charge in [-0.3, -0.25) is 10.1 Å². The second kappa shape index (κ2) is 5.66. The molecule has 0 radical (unpaired) electrons. The molecular weight excluding hydrogens is 291 g/mol. The van der Waals surface area contributed by atoms with Crippen molar-refractivity contribution in [3.8, 4) is 11.6 Å². The molecule has 1 N–H and O–H groups in total. The summed E-state index contributed by atoms with van der Waals surface area (Å²) in [5.41, 5.74) is -0.375. The van der Waals surface area contributed by atoms with Crippen molar-refractivity contribution in [1.82, 2.24) is 9.97 Å². The van der Waals surface area contributed by atoms with Crippen LogP contribution in [-0.4, -0.2) is 21.9 Å². The van der Waals surface area contributed by atoms with Gasteiger partial charge in [-0.1, -0.05) is 11.6 Å². The van der Waals surface area contributed by atoms with Crippen LogP contribution in [0.2, 0.25) is 5.02 Å². The largest absolute Gasteiger partial charge is 0.434 e. The standard InChI is InChI=1S/C11H8ClFN4O3/c1-14-11-15-5-7(12)10(16-11)20-9-3-2-6(17(18)19)4-8(9)13/h2-5H,1H3,(H,14,15,16). The minimum atomic E-state index is -0.889. The Balaban J connectivity index is 2.32. The number of non-ortho nitro benzene ring substituents is 1. The molecule has 0 saturated carbocycles. The van der Waals surface area contributed by atoms with Crippen LogP contribution in [-0.2, 0) is 0 Å². The molecule has 0 aliphatic heterocycles. The Hall–Kier alpha value is -2.48. The van der Waals surface area contributed by atoms with Crippen molar-refractivity contribution in [3.63, 3.8) is 0 Å². The maximum Gasteiger partial charge on any atom is 0.272 e. The summed E-state index contributed by atoms with van der Waals surface area (Å²) in [6, 6.07) is 3.00. The van der Waals surface area contributed by atoms with E-state index in [4.69, 9.17) is 16.3 Å². The van der Waals surface area contributed by atoms with E-state index in [1.807, 2.05) is 0 Å². The second-order valence-corrected chi connectivity index (χ2v) is 3.98. The van der Waals surface area contributed by atoms with Gasteiger partial charge >= 0.3 is 0 Å². The molecule has 0 fully saturated rings. The van der Waals surface area contributed by atoms with Crippen LogP contribution < -0.4 is 10.1 Å². The van der Waals surface area contributed by atoms with Crippen LogP contribution in [0.3, 0.4) is 0 Å². The number of nitrogens with zero attached hydrogens (tertiary/aromatic N) is 3. The zero-order valence-electron chi connectivity index (χ0n) is 10.1. The molecule has 0 unspecified atom stereocenters. The van der Waals surface area contributed by atoms with Crippen LogP contribution in [0.1, 0.15) is 0 Å². The molecule has 0 bridgehead atoms. The highest BCUT2D eigenvalue weighted by atomic mass is 35.5. The summed E-state index contributed by atoms with van der Waals surface area (Å²) in [5.74, 6) is -0.927. The topological polar surface area (TPSA) is 90.2 Å². The number of hydrogen-bond donors (Lipinski definition) is 1. The van der Waals surface area contributed by atoms with Gasteiger partial charge in [0.1, 0.15) is 5.02 Å². The normalized spacial score (nSPS) is 10.2. The monoisotopic (exact) mass is 298 g/mol. The highest BCUT2D eigenvalue weighted by Crippen LogP contribution is 2.30. The zero-order valence-corrected chi connectivity index (χ0v) is 10.9. The molecule has 2 rings (SSSR count). The maximum absolute atomic E-state index is 13.7. The Bertz CT molecular complexity index is 668. The smallest absolute Gasteiger partial charge is 0.272 e. The summed E-state index contributed by atoms with van der Waals surface area (Å²) in [6.45, 7) is 0. The molecule has 0 spiro atoms. The summed E-state index contributed by atoms with van der Waals surface area (Å²) < 4.78 is 18.9. The number of benzene rings is 1. The Labute approximate surface area is 117 Å². The van der Waals surface area contributed by atoms with E-state index >= 15 is 0 Å². The van der Waals surface area contributed by atoms with Crippen molar-refractivity contribution in [2.24, 2.45) is 0 Å². The molecule has 1 aromatic carbocycles. The number of nitrogens with one attached hydrogen (secondary N) is 1. The van der Waals surface area contributed by atoms with Gasteiger partial charge in [0, 0.05) is 13.1 Å². The molecule has 2 aromatic rings. The first kappa shape index (κ1) is 13.9. The Morgan fingerprint density at radius 2 is 2.25 bits per heavy atom. The number of nitro groups is 1. The third-order valence-corrected chi connectivity index (χ3v) is 2.53. The van der Waals surface area contributed by atoms with Crippen molar-refractivity contribution in [1.29, 1.82) is 0 Å². The SMILES string of the molecule is CNc1ncc(Cl)c(Oc2ccc([N+](=O)[O-])cc2F)n1. The predicted molar refractivity (Wildman–Crippen MR) is 69.7 cm³/mol. The molecular formula is C11H8ClFN4O3. The fourth-order valence-electron chi connectivity index (χ4n) is 1.33. The average Bonchev–Trinajstić information content (AvgIpc) is 2.43. The van der Waals surface area contributed by atoms with Crippen LogP contribution in [0, 0.1) is 15.9 Å². The van der Waals surface area contributed by atoms with Gasteiger partial charge in [-0.2, -0.15) is 4.98 Å². The van der Waals surface area contributed by atoms with Gasteiger partial charge in [0.25, 0.3) is 5.69 Å². The lowest BCUT2D eigenvalue weighted by Gasteiger charge is -2.08. The highest BCUT2D eigenvalue weighted by molar-refractivity contribution is 6.31. The van der Waals surface area contributed by atoms with Gasteiger partial charge < -0.3 is 10.1 Å². The molecule has 0 aliphatic carbocycles. The van der Waals surface area contributed by atoms with Crippen LogP contribution in [0.4, 0.5) is 16.0 Å². The quantitative estimate of drug-likeness (QED) is 0.689. The van der Waals surface area contributed by atoms with E-state index in [9.17, 15) is 14.5 Å². The Morgan fingerprint density at radius 1 is 1.50 bits per heavy atom. The van der Waals surface area contributed by atoms with Crippen molar-refractivity contribution in [2.75, 3.05) is 12.4 Å². The molecule has 1 aromatic heterocycles. The fraction of sp³-hybridized carbons (Fsp3) is 0.0909. The first-order valence-electron chi connectivity index (χ1n) is 5.33. The summed E-state index contributed by atoms with van der Waals surface area (Å²) >= 11 is 5.83. The van der Waals surface area contributed by atoms with Crippen LogP contribution in [0.25, 0.3) is 0 Å². The zero-order chi connectivity index (χ0) is 14.7. The lowest BCUT2D eigenvalue weighted by molar-refractivity contribution is -0.385. The summed E-state index contributed by atoms with van der Waals surface area (Å²) in [4.78, 5) is 17.6. The third-order valence-electron chi connectivity index (χ3n) is 2.27. The minimum absolute atomic E-state index is 0.0567. The van der Waals surface area contributed by atoms with E-state index in [0.717, 1.165) is 18.2 Å². The molecule has 1 heterocycles. The van der Waals surface area contributed by atoms with E-state index in [1.54, 1.807) is 7.05 Å². The summed E-state index contributed by atoms with van der Waals surface area (Å²) in [6.07, 6.45) is 1.29. The van der Waals surface area contributed by atoms with Gasteiger partial charge in [0.2, 0.25) is 11.8 Å². The molecule has 0 saturated heterocycles. The number of nitro benzene ring substituents is 1. The van der Waals surface area contributed by atoms with Gasteiger partial charge in [-0.15, -0.1) is 0 Å². The van der Waals surface area contributed by atoms with Gasteiger partial charge in [0.15, 0.2) is 11.6 Å². The van der Waals surface area contributed by atoms with Gasteiger partial charge in [-0.05, 0) is 6.07 Å². The molecule has 0 atom stereocenters. The van der Waals surface area contributed by atoms with Crippen LogP contribution >= 0.6 is 11.6 Å². The van der Waals surface area contributed by atoms with Crippen molar-refractivity contribution in [3.05, 3.63) is 45.4 Å². The second-order valence-electron chi connectivity index (χ2n) is 3.57. The number of rotatable bonds is 4. The van der Waals surface area contributed by atoms with E-state index < -0.39 is 10.7 Å². The molecule has 9 heteroatoms.